The number of carbonyl (C=O) groups excluding carboxylic acids is 1. The molecule has 1 fully saturated rings. The van der Waals surface area contributed by atoms with Crippen molar-refractivity contribution in [3.05, 3.63) is 66.1 Å². The highest BCUT2D eigenvalue weighted by Crippen LogP contribution is 2.29. The van der Waals surface area contributed by atoms with E-state index in [1.54, 1.807) is 13.2 Å². The largest absolute Gasteiger partial charge is 0.497 e. The quantitative estimate of drug-likeness (QED) is 0.706. The van der Waals surface area contributed by atoms with Crippen LogP contribution in [-0.2, 0) is 0 Å². The predicted octanol–water partition coefficient (Wildman–Crippen LogP) is 3.77. The molecule has 0 N–H and O–H groups in total. The molecule has 3 aromatic rings. The second-order valence-corrected chi connectivity index (χ2v) is 6.63. The number of ether oxygens (including phenoxy) is 1. The zero-order valence-electron chi connectivity index (χ0n) is 15.2. The van der Waals surface area contributed by atoms with Crippen LogP contribution in [0.5, 0.6) is 5.75 Å². The van der Waals surface area contributed by atoms with Crippen molar-refractivity contribution in [3.8, 4) is 17.2 Å². The molecule has 0 saturated carbocycles. The Hall–Kier alpha value is -3.15. The number of amides is 1. The van der Waals surface area contributed by atoms with E-state index in [0.29, 0.717) is 29.6 Å². The molecule has 138 valence electrons. The Kier molecular flexibility index (Phi) is 4.87. The fourth-order valence-electron chi connectivity index (χ4n) is 3.40. The first-order chi connectivity index (χ1) is 13.2. The van der Waals surface area contributed by atoms with Gasteiger partial charge >= 0.3 is 0 Å². The van der Waals surface area contributed by atoms with Gasteiger partial charge in [-0.3, -0.25) is 4.79 Å². The number of piperidine rings is 1. The predicted molar refractivity (Wildman–Crippen MR) is 101 cm³/mol. The zero-order valence-corrected chi connectivity index (χ0v) is 15.2. The molecule has 1 aliphatic heterocycles. The van der Waals surface area contributed by atoms with Crippen molar-refractivity contribution in [2.45, 2.75) is 18.8 Å². The van der Waals surface area contributed by atoms with E-state index in [2.05, 4.69) is 10.2 Å². The van der Waals surface area contributed by atoms with Crippen LogP contribution >= 0.6 is 0 Å². The number of aromatic nitrogens is 2. The van der Waals surface area contributed by atoms with Crippen LogP contribution in [0.1, 0.15) is 35.0 Å². The third-order valence-electron chi connectivity index (χ3n) is 4.84. The molecule has 2 heterocycles. The Morgan fingerprint density at radius 2 is 2.00 bits per heavy atom. The lowest BCUT2D eigenvalue weighted by Gasteiger charge is -2.31. The molecule has 0 bridgehead atoms. The summed E-state index contributed by atoms with van der Waals surface area (Å²) in [7, 11) is 1.60. The van der Waals surface area contributed by atoms with Crippen LogP contribution in [0.2, 0.25) is 0 Å². The van der Waals surface area contributed by atoms with Gasteiger partial charge in [-0.1, -0.05) is 24.3 Å². The Bertz CT molecular complexity index is 923. The number of carbonyl (C=O) groups is 1. The smallest absolute Gasteiger partial charge is 0.254 e. The highest BCUT2D eigenvalue weighted by molar-refractivity contribution is 5.94. The summed E-state index contributed by atoms with van der Waals surface area (Å²) in [5.74, 6) is 1.84. The van der Waals surface area contributed by atoms with E-state index in [4.69, 9.17) is 9.15 Å². The second-order valence-electron chi connectivity index (χ2n) is 6.63. The van der Waals surface area contributed by atoms with Gasteiger partial charge in [0.05, 0.1) is 13.0 Å². The van der Waals surface area contributed by atoms with Crippen molar-refractivity contribution in [3.63, 3.8) is 0 Å². The fourth-order valence-corrected chi connectivity index (χ4v) is 3.40. The van der Waals surface area contributed by atoms with Gasteiger partial charge in [-0.15, -0.1) is 10.2 Å². The van der Waals surface area contributed by atoms with Gasteiger partial charge in [0, 0.05) is 24.2 Å². The van der Waals surface area contributed by atoms with Gasteiger partial charge in [0.2, 0.25) is 11.8 Å². The first kappa shape index (κ1) is 17.3. The molecular formula is C21H21N3O3. The van der Waals surface area contributed by atoms with Gasteiger partial charge in [-0.05, 0) is 43.2 Å². The summed E-state index contributed by atoms with van der Waals surface area (Å²) < 4.78 is 11.1. The van der Waals surface area contributed by atoms with Crippen LogP contribution in [0.15, 0.2) is 59.0 Å². The highest BCUT2D eigenvalue weighted by atomic mass is 16.5. The first-order valence-electron chi connectivity index (χ1n) is 9.07. The van der Waals surface area contributed by atoms with Gasteiger partial charge in [0.25, 0.3) is 5.91 Å². The summed E-state index contributed by atoms with van der Waals surface area (Å²) in [6, 6.07) is 17.0. The normalized spacial score (nSPS) is 16.9. The van der Waals surface area contributed by atoms with Crippen LogP contribution in [0.25, 0.3) is 11.5 Å². The highest BCUT2D eigenvalue weighted by Gasteiger charge is 2.29. The lowest BCUT2D eigenvalue weighted by Crippen LogP contribution is -2.39. The molecular weight excluding hydrogens is 342 g/mol. The molecule has 0 spiro atoms. The first-order valence-corrected chi connectivity index (χ1v) is 9.07. The summed E-state index contributed by atoms with van der Waals surface area (Å²) in [4.78, 5) is 14.7. The number of hydrogen-bond donors (Lipinski definition) is 0. The van der Waals surface area contributed by atoms with Gasteiger partial charge in [-0.2, -0.15) is 0 Å². The average Bonchev–Trinajstić information content (AvgIpc) is 3.24. The maximum absolute atomic E-state index is 12.9. The summed E-state index contributed by atoms with van der Waals surface area (Å²) in [5, 5.41) is 8.41. The molecule has 1 atom stereocenters. The molecule has 27 heavy (non-hydrogen) atoms. The SMILES string of the molecule is COc1cccc(C(=O)N2CCC[C@@H](c3nnc(-c4ccccc4)o3)C2)c1. The van der Waals surface area contributed by atoms with E-state index in [1.165, 1.54) is 0 Å². The van der Waals surface area contributed by atoms with Crippen LogP contribution in [0, 0.1) is 0 Å². The van der Waals surface area contributed by atoms with Gasteiger partial charge < -0.3 is 14.1 Å². The lowest BCUT2D eigenvalue weighted by molar-refractivity contribution is 0.0698. The van der Waals surface area contributed by atoms with Crippen molar-refractivity contribution in [1.82, 2.24) is 15.1 Å². The number of methoxy groups -OCH3 is 1. The van der Waals surface area contributed by atoms with Gasteiger partial charge in [0.15, 0.2) is 0 Å². The Balaban J connectivity index is 1.50. The van der Waals surface area contributed by atoms with Gasteiger partial charge in [-0.25, -0.2) is 0 Å². The summed E-state index contributed by atoms with van der Waals surface area (Å²) in [6.07, 6.45) is 1.84. The van der Waals surface area contributed by atoms with Crippen LogP contribution in [-0.4, -0.2) is 41.2 Å². The topological polar surface area (TPSA) is 68.5 Å². The average molecular weight is 363 g/mol. The molecule has 6 heteroatoms. The minimum Gasteiger partial charge on any atom is -0.497 e. The van der Waals surface area contributed by atoms with Crippen molar-refractivity contribution in [2.24, 2.45) is 0 Å². The Labute approximate surface area is 157 Å². The minimum absolute atomic E-state index is 0.00129. The van der Waals surface area contributed by atoms with Crippen molar-refractivity contribution >= 4 is 5.91 Å². The minimum atomic E-state index is 0.00129. The van der Waals surface area contributed by atoms with Crippen LogP contribution in [0.4, 0.5) is 0 Å². The molecule has 0 aliphatic carbocycles. The number of rotatable bonds is 4. The number of nitrogens with zero attached hydrogens (tertiary/aromatic N) is 3. The van der Waals surface area contributed by atoms with Crippen molar-refractivity contribution in [2.75, 3.05) is 20.2 Å². The van der Waals surface area contributed by atoms with Crippen molar-refractivity contribution in [1.29, 1.82) is 0 Å². The molecule has 1 saturated heterocycles. The molecule has 6 nitrogen and oxygen atoms in total. The zero-order chi connectivity index (χ0) is 18.6. The van der Waals surface area contributed by atoms with Crippen LogP contribution in [0.3, 0.4) is 0 Å². The van der Waals surface area contributed by atoms with E-state index in [9.17, 15) is 4.79 Å². The molecule has 1 aromatic heterocycles. The second kappa shape index (κ2) is 7.61. The number of benzene rings is 2. The maximum atomic E-state index is 12.9. The Morgan fingerprint density at radius 3 is 2.81 bits per heavy atom. The number of hydrogen-bond acceptors (Lipinski definition) is 5. The third kappa shape index (κ3) is 3.69. The summed E-state index contributed by atoms with van der Waals surface area (Å²) >= 11 is 0. The van der Waals surface area contributed by atoms with E-state index in [0.717, 1.165) is 24.9 Å². The van der Waals surface area contributed by atoms with E-state index in [-0.39, 0.29) is 11.8 Å². The maximum Gasteiger partial charge on any atom is 0.254 e. The molecule has 2 aromatic carbocycles. The monoisotopic (exact) mass is 363 g/mol. The third-order valence-corrected chi connectivity index (χ3v) is 4.84. The summed E-state index contributed by atoms with van der Waals surface area (Å²) in [6.45, 7) is 1.30. The number of likely N-dealkylation sites (tertiary alicyclic amines) is 1. The molecule has 0 unspecified atom stereocenters. The van der Waals surface area contributed by atoms with E-state index < -0.39 is 0 Å². The molecule has 4 rings (SSSR count). The van der Waals surface area contributed by atoms with Gasteiger partial charge in [0.1, 0.15) is 5.75 Å². The summed E-state index contributed by atoms with van der Waals surface area (Å²) in [5.41, 5.74) is 1.53. The van der Waals surface area contributed by atoms with Crippen LogP contribution < -0.4 is 4.74 Å². The molecule has 0 radical (unpaired) electrons. The van der Waals surface area contributed by atoms with Crippen molar-refractivity contribution < 1.29 is 13.9 Å². The standard InChI is InChI=1S/C21H21N3O3/c1-26-18-11-5-9-16(13-18)21(25)24-12-6-10-17(14-24)20-23-22-19(27-20)15-7-3-2-4-8-15/h2-5,7-9,11,13,17H,6,10,12,14H2,1H3/t17-/m1/s1. The molecule has 1 amide bonds. The molecule has 1 aliphatic rings. The Morgan fingerprint density at radius 1 is 1.15 bits per heavy atom. The van der Waals surface area contributed by atoms with E-state index >= 15 is 0 Å². The fraction of sp³-hybridized carbons (Fsp3) is 0.286. The lowest BCUT2D eigenvalue weighted by atomic mass is 9.97. The van der Waals surface area contributed by atoms with E-state index in [1.807, 2.05) is 53.4 Å².